The summed E-state index contributed by atoms with van der Waals surface area (Å²) in [5, 5.41) is 10.8. The number of rotatable bonds is 4. The molecule has 0 radical (unpaired) electrons. The standard InChI is InChI=1S/C24H18F2N2O3/c25-15-7-8-18(26)14(11-15)12-28-19-9-6-13-3-1-4-16(13)20(19)21(22(28)24(30)31)17-5-2-10-27-23(17)29/h2,5-11H,1,3-4,12H2,(H,27,29)(H,30,31). The second-order valence-corrected chi connectivity index (χ2v) is 7.71. The van der Waals surface area contributed by atoms with Crippen molar-refractivity contribution in [3.8, 4) is 11.1 Å². The first-order valence-electron chi connectivity index (χ1n) is 9.98. The number of carboxylic acid groups (broad SMARTS) is 1. The van der Waals surface area contributed by atoms with Gasteiger partial charge < -0.3 is 14.7 Å². The van der Waals surface area contributed by atoms with Crippen LogP contribution in [0.15, 0.2) is 53.5 Å². The summed E-state index contributed by atoms with van der Waals surface area (Å²) >= 11 is 0. The molecule has 0 aliphatic heterocycles. The molecule has 2 aromatic heterocycles. The lowest BCUT2D eigenvalue weighted by molar-refractivity contribution is 0.0687. The monoisotopic (exact) mass is 420 g/mol. The maximum atomic E-state index is 14.4. The molecule has 0 amide bonds. The van der Waals surface area contributed by atoms with E-state index in [1.165, 1.54) is 10.8 Å². The van der Waals surface area contributed by atoms with Crippen LogP contribution in [0.5, 0.6) is 0 Å². The Bertz CT molecular complexity index is 1420. The third-order valence-corrected chi connectivity index (χ3v) is 5.93. The van der Waals surface area contributed by atoms with Crippen LogP contribution in [0.1, 0.15) is 33.6 Å². The largest absolute Gasteiger partial charge is 0.477 e. The number of aromatic carboxylic acids is 1. The first-order valence-corrected chi connectivity index (χ1v) is 9.98. The Morgan fingerprint density at radius 3 is 2.74 bits per heavy atom. The molecule has 0 unspecified atom stereocenters. The van der Waals surface area contributed by atoms with Gasteiger partial charge in [-0.05, 0) is 66.8 Å². The van der Waals surface area contributed by atoms with Crippen molar-refractivity contribution in [1.82, 2.24) is 9.55 Å². The Hall–Kier alpha value is -3.74. The van der Waals surface area contributed by atoms with Crippen LogP contribution in [0.2, 0.25) is 0 Å². The zero-order chi connectivity index (χ0) is 21.7. The highest BCUT2D eigenvalue weighted by Gasteiger charge is 2.29. The maximum absolute atomic E-state index is 14.4. The average molecular weight is 420 g/mol. The topological polar surface area (TPSA) is 75.1 Å². The van der Waals surface area contributed by atoms with Crippen LogP contribution in [-0.4, -0.2) is 20.6 Å². The Morgan fingerprint density at radius 2 is 1.97 bits per heavy atom. The number of carbonyl (C=O) groups is 1. The van der Waals surface area contributed by atoms with Crippen molar-refractivity contribution in [2.24, 2.45) is 0 Å². The van der Waals surface area contributed by atoms with Crippen molar-refractivity contribution in [2.75, 3.05) is 0 Å². The summed E-state index contributed by atoms with van der Waals surface area (Å²) in [4.78, 5) is 27.7. The van der Waals surface area contributed by atoms with Crippen LogP contribution in [0.4, 0.5) is 8.78 Å². The van der Waals surface area contributed by atoms with Crippen LogP contribution >= 0.6 is 0 Å². The molecule has 0 atom stereocenters. The molecule has 0 bridgehead atoms. The number of benzene rings is 2. The molecule has 156 valence electrons. The van der Waals surface area contributed by atoms with E-state index in [0.717, 1.165) is 48.6 Å². The molecule has 31 heavy (non-hydrogen) atoms. The van der Waals surface area contributed by atoms with Gasteiger partial charge in [0.05, 0.1) is 6.54 Å². The van der Waals surface area contributed by atoms with Gasteiger partial charge in [0.25, 0.3) is 5.56 Å². The number of nitrogens with one attached hydrogen (secondary N) is 1. The Kier molecular flexibility index (Phi) is 4.46. The highest BCUT2D eigenvalue weighted by Crippen LogP contribution is 2.40. The third kappa shape index (κ3) is 3.04. The molecule has 2 aromatic carbocycles. The van der Waals surface area contributed by atoms with E-state index in [4.69, 9.17) is 0 Å². The third-order valence-electron chi connectivity index (χ3n) is 5.93. The molecule has 0 spiro atoms. The van der Waals surface area contributed by atoms with Gasteiger partial charge >= 0.3 is 5.97 Å². The van der Waals surface area contributed by atoms with Gasteiger partial charge in [0.2, 0.25) is 0 Å². The second-order valence-electron chi connectivity index (χ2n) is 7.71. The van der Waals surface area contributed by atoms with Gasteiger partial charge in [-0.1, -0.05) is 6.07 Å². The zero-order valence-corrected chi connectivity index (χ0v) is 16.4. The fraction of sp³-hybridized carbons (Fsp3) is 0.167. The minimum atomic E-state index is -1.24. The number of hydrogen-bond donors (Lipinski definition) is 2. The Morgan fingerprint density at radius 1 is 1.13 bits per heavy atom. The molecule has 0 saturated carbocycles. The Labute approximate surface area is 175 Å². The van der Waals surface area contributed by atoms with E-state index in [0.29, 0.717) is 16.5 Å². The van der Waals surface area contributed by atoms with Gasteiger partial charge in [-0.15, -0.1) is 0 Å². The van der Waals surface area contributed by atoms with E-state index < -0.39 is 23.2 Å². The number of fused-ring (bicyclic) bond motifs is 3. The van der Waals surface area contributed by atoms with E-state index in [9.17, 15) is 23.5 Å². The summed E-state index contributed by atoms with van der Waals surface area (Å²) in [6.45, 7) is -0.175. The van der Waals surface area contributed by atoms with Gasteiger partial charge in [0.1, 0.15) is 17.3 Å². The number of pyridine rings is 1. The van der Waals surface area contributed by atoms with Crippen LogP contribution in [0, 0.1) is 11.6 Å². The predicted octanol–water partition coefficient (Wildman–Crippen LogP) is 4.51. The summed E-state index contributed by atoms with van der Waals surface area (Å²) < 4.78 is 29.7. The highest BCUT2D eigenvalue weighted by atomic mass is 19.1. The molecule has 1 aliphatic rings. The number of halogens is 2. The number of aryl methyl sites for hydroxylation is 2. The van der Waals surface area contributed by atoms with Gasteiger partial charge in [0.15, 0.2) is 0 Å². The molecular weight excluding hydrogens is 402 g/mol. The van der Waals surface area contributed by atoms with Crippen molar-refractivity contribution in [3.05, 3.63) is 93.0 Å². The van der Waals surface area contributed by atoms with E-state index >= 15 is 0 Å². The smallest absolute Gasteiger partial charge is 0.353 e. The van der Waals surface area contributed by atoms with Crippen molar-refractivity contribution in [2.45, 2.75) is 25.8 Å². The van der Waals surface area contributed by atoms with Crippen LogP contribution in [0.25, 0.3) is 22.0 Å². The normalized spacial score (nSPS) is 13.0. The number of nitrogens with zero attached hydrogens (tertiary/aromatic N) is 1. The zero-order valence-electron chi connectivity index (χ0n) is 16.4. The van der Waals surface area contributed by atoms with Gasteiger partial charge in [-0.3, -0.25) is 4.79 Å². The number of H-pyrrole nitrogens is 1. The molecule has 0 saturated heterocycles. The van der Waals surface area contributed by atoms with Gasteiger partial charge in [-0.25, -0.2) is 13.6 Å². The number of aromatic nitrogens is 2. The minimum absolute atomic E-state index is 0.0356. The predicted molar refractivity (Wildman–Crippen MR) is 112 cm³/mol. The minimum Gasteiger partial charge on any atom is -0.477 e. The summed E-state index contributed by atoms with van der Waals surface area (Å²) in [5.41, 5.74) is 2.79. The van der Waals surface area contributed by atoms with E-state index in [1.54, 1.807) is 12.1 Å². The molecular formula is C24H18F2N2O3. The fourth-order valence-electron chi connectivity index (χ4n) is 4.63. The highest BCUT2D eigenvalue weighted by molar-refractivity contribution is 6.09. The molecule has 4 aromatic rings. The molecule has 1 aliphatic carbocycles. The van der Waals surface area contributed by atoms with Crippen LogP contribution in [-0.2, 0) is 19.4 Å². The van der Waals surface area contributed by atoms with Crippen LogP contribution in [0.3, 0.4) is 0 Å². The SMILES string of the molecule is O=C(O)c1c(-c2ccc[nH]c2=O)c2c3c(ccc2n1Cc1cc(F)ccc1F)CCC3. The lowest BCUT2D eigenvalue weighted by atomic mass is 9.97. The molecule has 5 rings (SSSR count). The summed E-state index contributed by atoms with van der Waals surface area (Å²) in [6, 6.07) is 10.1. The van der Waals surface area contributed by atoms with Gasteiger partial charge in [0, 0.05) is 33.8 Å². The molecule has 7 heteroatoms. The van der Waals surface area contributed by atoms with Crippen molar-refractivity contribution in [1.29, 1.82) is 0 Å². The van der Waals surface area contributed by atoms with E-state index in [2.05, 4.69) is 4.98 Å². The maximum Gasteiger partial charge on any atom is 0.353 e. The lowest BCUT2D eigenvalue weighted by Gasteiger charge is -2.11. The van der Waals surface area contributed by atoms with Crippen molar-refractivity contribution < 1.29 is 18.7 Å². The first kappa shape index (κ1) is 19.2. The number of hydrogen-bond acceptors (Lipinski definition) is 2. The number of aromatic amines is 1. The summed E-state index contributed by atoms with van der Waals surface area (Å²) in [5.74, 6) is -2.47. The molecule has 2 heterocycles. The Balaban J connectivity index is 1.89. The molecule has 5 nitrogen and oxygen atoms in total. The molecule has 0 fully saturated rings. The van der Waals surface area contributed by atoms with E-state index in [1.807, 2.05) is 12.1 Å². The lowest BCUT2D eigenvalue weighted by Crippen LogP contribution is -2.14. The molecule has 2 N–H and O–H groups in total. The fourth-order valence-corrected chi connectivity index (χ4v) is 4.63. The van der Waals surface area contributed by atoms with E-state index in [-0.39, 0.29) is 23.4 Å². The van der Waals surface area contributed by atoms with Crippen molar-refractivity contribution >= 4 is 16.9 Å². The van der Waals surface area contributed by atoms with Crippen molar-refractivity contribution in [3.63, 3.8) is 0 Å². The van der Waals surface area contributed by atoms with Crippen LogP contribution < -0.4 is 5.56 Å². The second kappa shape index (κ2) is 7.19. The van der Waals surface area contributed by atoms with Gasteiger partial charge in [-0.2, -0.15) is 0 Å². The summed E-state index contributed by atoms with van der Waals surface area (Å²) in [7, 11) is 0. The number of carboxylic acids is 1. The average Bonchev–Trinajstić information content (AvgIpc) is 3.33. The quantitative estimate of drug-likeness (QED) is 0.510. The summed E-state index contributed by atoms with van der Waals surface area (Å²) in [6.07, 6.45) is 4.06. The first-order chi connectivity index (χ1) is 15.0.